The molecular weight excluding hydrogens is 521 g/mol. The molecule has 5 rings (SSSR count). The molecule has 0 aliphatic rings. The smallest absolute Gasteiger partial charge is 0.263 e. The predicted octanol–water partition coefficient (Wildman–Crippen LogP) is 3.80. The summed E-state index contributed by atoms with van der Waals surface area (Å²) in [6, 6.07) is 7.25. The van der Waals surface area contributed by atoms with Gasteiger partial charge in [-0.15, -0.1) is 0 Å². The molecule has 0 aliphatic heterocycles. The Morgan fingerprint density at radius 2 is 1.97 bits per heavy atom. The topological polar surface area (TPSA) is 141 Å². The predicted molar refractivity (Wildman–Crippen MR) is 138 cm³/mol. The Hall–Kier alpha value is -4.00. The van der Waals surface area contributed by atoms with E-state index in [4.69, 9.17) is 17.3 Å². The number of nitrogens with one attached hydrogen (secondary N) is 1. The Morgan fingerprint density at radius 1 is 1.19 bits per heavy atom. The van der Waals surface area contributed by atoms with E-state index in [1.165, 1.54) is 30.6 Å². The summed E-state index contributed by atoms with van der Waals surface area (Å²) in [5, 5.41) is 14.0. The minimum absolute atomic E-state index is 0.0840. The molecule has 3 heterocycles. The van der Waals surface area contributed by atoms with Crippen LogP contribution < -0.4 is 10.5 Å². The second-order valence-corrected chi connectivity index (χ2v) is 10.4. The number of halogens is 2. The van der Waals surface area contributed by atoms with Gasteiger partial charge in [-0.1, -0.05) is 29.8 Å². The normalized spacial score (nSPS) is 11.8. The van der Waals surface area contributed by atoms with Crippen LogP contribution in [0.1, 0.15) is 11.1 Å². The number of nitrogen functional groups attached to an aromatic ring is 1. The van der Waals surface area contributed by atoms with Gasteiger partial charge in [0, 0.05) is 30.6 Å². The summed E-state index contributed by atoms with van der Waals surface area (Å²) in [6.07, 6.45) is 6.33. The fourth-order valence-corrected chi connectivity index (χ4v) is 5.90. The van der Waals surface area contributed by atoms with Gasteiger partial charge in [0.2, 0.25) is 0 Å². The van der Waals surface area contributed by atoms with Gasteiger partial charge >= 0.3 is 0 Å². The minimum atomic E-state index is -4.30. The molecule has 10 nitrogen and oxygen atoms in total. The lowest BCUT2D eigenvalue weighted by atomic mass is 10.0. The van der Waals surface area contributed by atoms with Crippen LogP contribution in [0.4, 0.5) is 15.9 Å². The molecule has 0 amide bonds. The maximum absolute atomic E-state index is 15.9. The van der Waals surface area contributed by atoms with Crippen LogP contribution in [0.15, 0.2) is 60.1 Å². The third kappa shape index (κ3) is 4.28. The highest BCUT2D eigenvalue weighted by atomic mass is 35.5. The molecule has 0 radical (unpaired) electrons. The van der Waals surface area contributed by atoms with E-state index in [0.717, 1.165) is 0 Å². The standard InChI is InChI=1S/C24H21ClFN7O3S/c1-13-6-14(11-34)21(25)19(7-13)37(35,36)31-18-5-3-4-16(22(18)26)17-10-33(15-8-30-32(2)9-15)24-20(17)23(27)28-12-29-24/h3-10,12,31,34H,11H2,1-2H3,(H2,27,28,29). The van der Waals surface area contributed by atoms with Gasteiger partial charge in [0.25, 0.3) is 10.0 Å². The molecule has 190 valence electrons. The van der Waals surface area contributed by atoms with Crippen LogP contribution in [-0.2, 0) is 23.7 Å². The van der Waals surface area contributed by atoms with E-state index in [9.17, 15) is 13.5 Å². The number of aromatic nitrogens is 5. The summed E-state index contributed by atoms with van der Waals surface area (Å²) in [7, 11) is -2.54. The number of hydrogen-bond acceptors (Lipinski definition) is 7. The fraction of sp³-hybridized carbons (Fsp3) is 0.125. The number of nitrogens with two attached hydrogens (primary N) is 1. The van der Waals surface area contributed by atoms with Crippen LogP contribution in [0.3, 0.4) is 0 Å². The molecule has 0 unspecified atom stereocenters. The van der Waals surface area contributed by atoms with Crippen molar-refractivity contribution in [2.45, 2.75) is 18.4 Å². The molecule has 0 fully saturated rings. The van der Waals surface area contributed by atoms with Crippen molar-refractivity contribution in [3.63, 3.8) is 0 Å². The van der Waals surface area contributed by atoms with Gasteiger partial charge in [-0.05, 0) is 30.2 Å². The highest BCUT2D eigenvalue weighted by Gasteiger charge is 2.25. The molecule has 0 atom stereocenters. The van der Waals surface area contributed by atoms with Crippen molar-refractivity contribution in [2.75, 3.05) is 10.5 Å². The molecule has 2 aromatic carbocycles. The number of sulfonamides is 1. The Morgan fingerprint density at radius 3 is 2.68 bits per heavy atom. The van der Waals surface area contributed by atoms with Crippen molar-refractivity contribution in [3.8, 4) is 16.8 Å². The number of benzene rings is 2. The number of rotatable bonds is 6. The molecule has 0 bridgehead atoms. The van der Waals surface area contributed by atoms with E-state index < -0.39 is 22.4 Å². The summed E-state index contributed by atoms with van der Waals surface area (Å²) < 4.78 is 47.9. The van der Waals surface area contributed by atoms with Crippen molar-refractivity contribution in [1.82, 2.24) is 24.3 Å². The molecule has 4 N–H and O–H groups in total. The van der Waals surface area contributed by atoms with Crippen LogP contribution in [-0.4, -0.2) is 37.8 Å². The van der Waals surface area contributed by atoms with Crippen molar-refractivity contribution in [1.29, 1.82) is 0 Å². The van der Waals surface area contributed by atoms with Crippen LogP contribution in [0, 0.1) is 12.7 Å². The molecule has 37 heavy (non-hydrogen) atoms. The average molecular weight is 542 g/mol. The molecule has 0 saturated carbocycles. The Labute approximate surface area is 216 Å². The zero-order chi connectivity index (χ0) is 26.5. The van der Waals surface area contributed by atoms with E-state index in [0.29, 0.717) is 27.8 Å². The number of hydrogen-bond donors (Lipinski definition) is 3. The van der Waals surface area contributed by atoms with Gasteiger partial charge < -0.3 is 10.8 Å². The molecule has 0 spiro atoms. The Kier molecular flexibility index (Phi) is 6.10. The van der Waals surface area contributed by atoms with Crippen LogP contribution in [0.2, 0.25) is 5.02 Å². The number of aliphatic hydroxyl groups is 1. The first kappa shape index (κ1) is 24.7. The highest BCUT2D eigenvalue weighted by molar-refractivity contribution is 7.92. The molecule has 0 saturated heterocycles. The summed E-state index contributed by atoms with van der Waals surface area (Å²) in [5.74, 6) is -0.693. The SMILES string of the molecule is Cc1cc(CO)c(Cl)c(S(=O)(=O)Nc2cccc(-c3cn(-c4cnn(C)c4)c4ncnc(N)c34)c2F)c1. The van der Waals surface area contributed by atoms with Crippen molar-refractivity contribution >= 4 is 44.2 Å². The first-order valence-corrected chi connectivity index (χ1v) is 12.8. The fourth-order valence-electron chi connectivity index (χ4n) is 4.16. The summed E-state index contributed by atoms with van der Waals surface area (Å²) in [4.78, 5) is 8.11. The average Bonchev–Trinajstić information content (AvgIpc) is 3.46. The van der Waals surface area contributed by atoms with Gasteiger partial charge in [-0.25, -0.2) is 22.8 Å². The largest absolute Gasteiger partial charge is 0.392 e. The Bertz CT molecular complexity index is 1780. The molecular formula is C24H21ClFN7O3S. The third-order valence-electron chi connectivity index (χ3n) is 5.83. The van der Waals surface area contributed by atoms with E-state index in [2.05, 4.69) is 19.8 Å². The van der Waals surface area contributed by atoms with Gasteiger partial charge in [0.05, 0.1) is 34.6 Å². The van der Waals surface area contributed by atoms with E-state index >= 15 is 4.39 Å². The molecule has 5 aromatic rings. The van der Waals surface area contributed by atoms with Gasteiger partial charge in [-0.3, -0.25) is 14.0 Å². The minimum Gasteiger partial charge on any atom is -0.392 e. The zero-order valence-corrected chi connectivity index (χ0v) is 21.2. The summed E-state index contributed by atoms with van der Waals surface area (Å²) in [5.41, 5.74) is 8.24. The number of aliphatic hydroxyl groups excluding tert-OH is 1. The van der Waals surface area contributed by atoms with Crippen molar-refractivity contribution in [2.24, 2.45) is 7.05 Å². The van der Waals surface area contributed by atoms with E-state index in [1.54, 1.807) is 47.9 Å². The molecule has 0 aliphatic carbocycles. The zero-order valence-electron chi connectivity index (χ0n) is 19.6. The third-order valence-corrected chi connectivity index (χ3v) is 7.78. The monoisotopic (exact) mass is 541 g/mol. The summed E-state index contributed by atoms with van der Waals surface area (Å²) in [6.45, 7) is 1.22. The van der Waals surface area contributed by atoms with Crippen LogP contribution in [0.25, 0.3) is 27.8 Å². The number of fused-ring (bicyclic) bond motifs is 1. The first-order valence-electron chi connectivity index (χ1n) is 10.9. The van der Waals surface area contributed by atoms with Crippen molar-refractivity contribution in [3.05, 3.63) is 77.2 Å². The van der Waals surface area contributed by atoms with E-state index in [-0.39, 0.29) is 32.6 Å². The lowest BCUT2D eigenvalue weighted by Crippen LogP contribution is -2.15. The molecule has 3 aromatic heterocycles. The number of aryl methyl sites for hydroxylation is 2. The number of anilines is 2. The maximum Gasteiger partial charge on any atom is 0.263 e. The van der Waals surface area contributed by atoms with E-state index in [1.807, 2.05) is 0 Å². The lowest BCUT2D eigenvalue weighted by Gasteiger charge is -2.14. The van der Waals surface area contributed by atoms with Gasteiger partial charge in [0.15, 0.2) is 11.5 Å². The second kappa shape index (κ2) is 9.14. The second-order valence-electron chi connectivity index (χ2n) is 8.41. The molecule has 13 heteroatoms. The highest BCUT2D eigenvalue weighted by Crippen LogP contribution is 2.38. The van der Waals surface area contributed by atoms with Crippen LogP contribution >= 0.6 is 11.6 Å². The van der Waals surface area contributed by atoms with Gasteiger partial charge in [0.1, 0.15) is 17.0 Å². The lowest BCUT2D eigenvalue weighted by molar-refractivity contribution is 0.281. The summed E-state index contributed by atoms with van der Waals surface area (Å²) >= 11 is 6.23. The van der Waals surface area contributed by atoms with Crippen molar-refractivity contribution < 1.29 is 17.9 Å². The Balaban J connectivity index is 1.64. The maximum atomic E-state index is 15.9. The quantitative estimate of drug-likeness (QED) is 0.297. The number of nitrogens with zero attached hydrogens (tertiary/aromatic N) is 5. The first-order chi connectivity index (χ1) is 17.6. The van der Waals surface area contributed by atoms with Gasteiger partial charge in [-0.2, -0.15) is 5.10 Å². The van der Waals surface area contributed by atoms with Crippen LogP contribution in [0.5, 0.6) is 0 Å².